The molecule has 0 bridgehead atoms. The Hall–Kier alpha value is -7.02. The summed E-state index contributed by atoms with van der Waals surface area (Å²) in [5.74, 6) is -1.35. The summed E-state index contributed by atoms with van der Waals surface area (Å²) in [4.78, 5) is 62.5. The molecule has 2 aromatic heterocycles. The second-order valence-electron chi connectivity index (χ2n) is 12.3. The summed E-state index contributed by atoms with van der Waals surface area (Å²) in [6.45, 7) is 9.17. The van der Waals surface area contributed by atoms with Crippen LogP contribution < -0.4 is 21.8 Å². The first-order valence-corrected chi connectivity index (χ1v) is 18.0. The smallest absolute Gasteiger partial charge is 0.338 e. The van der Waals surface area contributed by atoms with Crippen molar-refractivity contribution in [3.8, 4) is 22.5 Å². The lowest BCUT2D eigenvalue weighted by atomic mass is 10.0. The minimum absolute atomic E-state index is 0.139. The van der Waals surface area contributed by atoms with Gasteiger partial charge in [0.15, 0.2) is 11.6 Å². The maximum Gasteiger partial charge on any atom is 0.338 e. The molecule has 0 aliphatic carbocycles. The van der Waals surface area contributed by atoms with Gasteiger partial charge in [-0.1, -0.05) is 60.7 Å². The van der Waals surface area contributed by atoms with Crippen molar-refractivity contribution >= 4 is 40.3 Å². The Labute approximate surface area is 322 Å². The number of aryl methyl sites for hydroxylation is 2. The third-order valence-electron chi connectivity index (χ3n) is 8.49. The fourth-order valence-corrected chi connectivity index (χ4v) is 5.81. The number of ether oxygens (including phenoxy) is 1. The van der Waals surface area contributed by atoms with Crippen molar-refractivity contribution < 1.29 is 23.5 Å². The van der Waals surface area contributed by atoms with Gasteiger partial charge in [-0.25, -0.2) is 18.5 Å². The molecule has 0 aliphatic rings. The maximum atomic E-state index is 13.2. The molecule has 0 aliphatic heterocycles. The van der Waals surface area contributed by atoms with Crippen LogP contribution in [0.2, 0.25) is 0 Å². The molecule has 6 aromatic rings. The van der Waals surface area contributed by atoms with Crippen molar-refractivity contribution in [2.24, 2.45) is 0 Å². The zero-order valence-corrected chi connectivity index (χ0v) is 31.6. The Kier molecular flexibility index (Phi) is 13.2. The van der Waals surface area contributed by atoms with E-state index in [2.05, 4.69) is 20.8 Å². The van der Waals surface area contributed by atoms with Crippen molar-refractivity contribution in [2.75, 3.05) is 17.2 Å². The zero-order chi connectivity index (χ0) is 40.4. The van der Waals surface area contributed by atoms with E-state index in [1.165, 1.54) is 47.5 Å². The number of benzene rings is 4. The van der Waals surface area contributed by atoms with E-state index in [1.807, 2.05) is 67.6 Å². The number of ketones is 2. The minimum atomic E-state index is -0.419. The van der Waals surface area contributed by atoms with Gasteiger partial charge in [0.25, 0.3) is 11.1 Å². The first-order valence-electron chi connectivity index (χ1n) is 18.0. The van der Waals surface area contributed by atoms with Gasteiger partial charge < -0.3 is 15.4 Å². The molecule has 0 radical (unpaired) electrons. The van der Waals surface area contributed by atoms with Crippen LogP contribution in [0.1, 0.15) is 65.7 Å². The fraction of sp³-hybridized carbons (Fsp3) is 0.186. The predicted octanol–water partition coefficient (Wildman–Crippen LogP) is 8.07. The molecule has 12 nitrogen and oxygen atoms in total. The van der Waals surface area contributed by atoms with Crippen LogP contribution >= 0.6 is 0 Å². The highest BCUT2D eigenvalue weighted by molar-refractivity contribution is 6.06. The van der Waals surface area contributed by atoms with E-state index in [-0.39, 0.29) is 46.5 Å². The lowest BCUT2D eigenvalue weighted by Crippen LogP contribution is -2.28. The Morgan fingerprint density at radius 2 is 1.00 bits per heavy atom. The van der Waals surface area contributed by atoms with Crippen molar-refractivity contribution in [1.82, 2.24) is 19.6 Å². The normalized spacial score (nSPS) is 10.5. The Balaban J connectivity index is 0.000000216. The molecule has 0 spiro atoms. The second kappa shape index (κ2) is 18.3. The number of halogens is 1. The number of hydrogen-bond donors (Lipinski definition) is 2. The number of anilines is 4. The first kappa shape index (κ1) is 40.2. The molecular weight excluding hydrogens is 716 g/mol. The monoisotopic (exact) mass is 756 g/mol. The van der Waals surface area contributed by atoms with Crippen LogP contribution in [0.3, 0.4) is 0 Å². The van der Waals surface area contributed by atoms with E-state index in [0.717, 1.165) is 11.1 Å². The van der Waals surface area contributed by atoms with Crippen LogP contribution in [0.5, 0.6) is 0 Å². The van der Waals surface area contributed by atoms with E-state index in [4.69, 9.17) is 4.74 Å². The van der Waals surface area contributed by atoms with Crippen LogP contribution in [-0.2, 0) is 17.8 Å². The van der Waals surface area contributed by atoms with E-state index >= 15 is 0 Å². The summed E-state index contributed by atoms with van der Waals surface area (Å²) < 4.78 is 20.8. The molecule has 4 aromatic carbocycles. The van der Waals surface area contributed by atoms with Crippen molar-refractivity contribution in [3.05, 3.63) is 152 Å². The predicted molar refractivity (Wildman–Crippen MR) is 215 cm³/mol. The Morgan fingerprint density at radius 3 is 1.36 bits per heavy atom. The van der Waals surface area contributed by atoms with Gasteiger partial charge in [0, 0.05) is 35.6 Å². The van der Waals surface area contributed by atoms with E-state index < -0.39 is 17.1 Å². The van der Waals surface area contributed by atoms with Gasteiger partial charge in [-0.05, 0) is 83.1 Å². The summed E-state index contributed by atoms with van der Waals surface area (Å²) in [6, 6.07) is 30.6. The zero-order valence-electron chi connectivity index (χ0n) is 31.6. The largest absolute Gasteiger partial charge is 0.462 e. The molecule has 0 saturated carbocycles. The van der Waals surface area contributed by atoms with Crippen molar-refractivity contribution in [2.45, 2.75) is 47.7 Å². The summed E-state index contributed by atoms with van der Waals surface area (Å²) >= 11 is 0. The fourth-order valence-electron chi connectivity index (χ4n) is 5.81. The number of aromatic nitrogens is 4. The number of nitrogens with zero attached hydrogens (tertiary/aromatic N) is 4. The second-order valence-corrected chi connectivity index (χ2v) is 12.3. The third kappa shape index (κ3) is 9.19. The lowest BCUT2D eigenvalue weighted by Gasteiger charge is -2.16. The molecule has 286 valence electrons. The van der Waals surface area contributed by atoms with E-state index in [0.29, 0.717) is 41.4 Å². The number of carbonyl (C=O) groups excluding carboxylic acids is 3. The Bertz CT molecular complexity index is 2470. The van der Waals surface area contributed by atoms with Crippen LogP contribution in [-0.4, -0.2) is 43.7 Å². The quantitative estimate of drug-likeness (QED) is 0.0926. The topological polar surface area (TPSA) is 154 Å². The van der Waals surface area contributed by atoms with Crippen molar-refractivity contribution in [1.29, 1.82) is 0 Å². The van der Waals surface area contributed by atoms with Gasteiger partial charge in [0.1, 0.15) is 28.6 Å². The van der Waals surface area contributed by atoms with Gasteiger partial charge in [0.2, 0.25) is 0 Å². The molecule has 0 atom stereocenters. The van der Waals surface area contributed by atoms with Crippen molar-refractivity contribution in [3.63, 3.8) is 0 Å². The third-order valence-corrected chi connectivity index (χ3v) is 8.49. The summed E-state index contributed by atoms with van der Waals surface area (Å²) in [6.07, 6.45) is 0. The maximum absolute atomic E-state index is 13.2. The van der Waals surface area contributed by atoms with E-state index in [9.17, 15) is 28.4 Å². The van der Waals surface area contributed by atoms with Crippen LogP contribution in [0.25, 0.3) is 22.5 Å². The highest BCUT2D eigenvalue weighted by Gasteiger charge is 2.23. The van der Waals surface area contributed by atoms with E-state index in [1.54, 1.807) is 38.1 Å². The molecule has 0 amide bonds. The molecule has 2 heterocycles. The molecule has 13 heteroatoms. The number of nitrogens with one attached hydrogen (secondary N) is 2. The molecule has 6 rings (SSSR count). The molecule has 56 heavy (non-hydrogen) atoms. The SMILES string of the molecule is CCOC(=O)c1ccc(Nc2c(C(C)=O)c(-c3ccccc3)nn(CC)c2=O)cc1.CCn1nc(-c2ccccc2)c(C(C)=O)c(Nc2ccc(F)cc2)c1=O. The van der Waals surface area contributed by atoms with Crippen LogP contribution in [0.4, 0.5) is 27.1 Å². The Morgan fingerprint density at radius 1 is 0.607 bits per heavy atom. The average Bonchev–Trinajstić information content (AvgIpc) is 3.21. The molecule has 0 saturated heterocycles. The molecular formula is C43H41FN6O6. The van der Waals surface area contributed by atoms with Gasteiger partial charge in [-0.15, -0.1) is 0 Å². The highest BCUT2D eigenvalue weighted by Crippen LogP contribution is 2.29. The molecule has 2 N–H and O–H groups in total. The van der Waals surface area contributed by atoms with Gasteiger partial charge in [0.05, 0.1) is 23.3 Å². The highest BCUT2D eigenvalue weighted by atomic mass is 19.1. The number of hydrogen-bond acceptors (Lipinski definition) is 10. The average molecular weight is 757 g/mol. The lowest BCUT2D eigenvalue weighted by molar-refractivity contribution is 0.0526. The molecule has 0 unspecified atom stereocenters. The summed E-state index contributed by atoms with van der Waals surface area (Å²) in [7, 11) is 0. The van der Waals surface area contributed by atoms with Gasteiger partial charge >= 0.3 is 5.97 Å². The van der Waals surface area contributed by atoms with Crippen LogP contribution in [0.15, 0.2) is 119 Å². The van der Waals surface area contributed by atoms with Crippen LogP contribution in [0, 0.1) is 5.82 Å². The standard InChI is InChI=1S/C23H23N3O4.C20H18FN3O2/c1-4-26-22(28)21(24-18-13-11-17(12-14-18)23(29)30-5-2)19(15(3)27)20(25-26)16-9-7-6-8-10-16;1-3-24-20(26)19(22-16-11-9-15(21)10-12-16)17(13(2)25)18(23-24)14-7-5-4-6-8-14/h6-14,24H,4-5H2,1-3H3;4-12,22H,3H2,1-2H3. The summed E-state index contributed by atoms with van der Waals surface area (Å²) in [5.41, 5.74) is 3.78. The minimum Gasteiger partial charge on any atom is -0.462 e. The van der Waals surface area contributed by atoms with Gasteiger partial charge in [-0.3, -0.25) is 19.2 Å². The first-order chi connectivity index (χ1) is 27.0. The number of esters is 1. The molecule has 0 fully saturated rings. The number of Topliss-reactive ketones (excluding diaryl/α,β-unsaturated/α-hetero) is 2. The van der Waals surface area contributed by atoms with Gasteiger partial charge in [-0.2, -0.15) is 10.2 Å². The summed E-state index contributed by atoms with van der Waals surface area (Å²) in [5, 5.41) is 14.8. The number of carbonyl (C=O) groups is 3. The number of rotatable bonds is 12.